The van der Waals surface area contributed by atoms with Crippen molar-refractivity contribution >= 4 is 51.9 Å². The highest BCUT2D eigenvalue weighted by Crippen LogP contribution is 2.34. The van der Waals surface area contributed by atoms with Crippen LogP contribution in [0, 0.1) is 5.82 Å². The zero-order valence-electron chi connectivity index (χ0n) is 19.5. The normalized spacial score (nSPS) is 16.0. The van der Waals surface area contributed by atoms with E-state index in [2.05, 4.69) is 20.6 Å². The van der Waals surface area contributed by atoms with Crippen LogP contribution >= 0.6 is 11.8 Å². The molecule has 1 atom stereocenters. The SMILES string of the molecule is O=C(CC[C@H]1N=C2c3ccccc3N=C(SCC(=O)Nc3ccccc3F)N2C1=O)NCc1ccco1. The predicted molar refractivity (Wildman–Crippen MR) is 138 cm³/mol. The number of fused-ring (bicyclic) bond motifs is 3. The molecule has 2 N–H and O–H groups in total. The van der Waals surface area contributed by atoms with Crippen LogP contribution < -0.4 is 10.6 Å². The van der Waals surface area contributed by atoms with Crippen LogP contribution in [0.1, 0.15) is 24.2 Å². The fraction of sp³-hybridized carbons (Fsp3) is 0.192. The molecule has 0 spiro atoms. The van der Waals surface area contributed by atoms with Gasteiger partial charge in [-0.2, -0.15) is 0 Å². The standard InChI is InChI=1S/C26H22FN5O4S/c27-18-8-2-4-10-20(18)29-23(34)15-37-26-31-19-9-3-1-7-17(19)24-30-21(25(35)32(24)26)11-12-22(33)28-14-16-6-5-13-36-16/h1-10,13,21H,11-12,14-15H2,(H,28,33)(H,29,34)/t21-/m1/s1. The maximum absolute atomic E-state index is 13.9. The molecule has 0 fully saturated rings. The van der Waals surface area contributed by atoms with Crippen LogP contribution in [0.2, 0.25) is 0 Å². The number of para-hydroxylation sites is 2. The first kappa shape index (κ1) is 24.4. The monoisotopic (exact) mass is 519 g/mol. The van der Waals surface area contributed by atoms with Crippen LogP contribution in [0.15, 0.2) is 81.3 Å². The molecule has 9 nitrogen and oxygen atoms in total. The molecule has 2 aliphatic heterocycles. The lowest BCUT2D eigenvalue weighted by Gasteiger charge is -2.25. The van der Waals surface area contributed by atoms with Crippen molar-refractivity contribution in [3.63, 3.8) is 0 Å². The Morgan fingerprint density at radius 1 is 1.05 bits per heavy atom. The molecule has 2 aromatic carbocycles. The predicted octanol–water partition coefficient (Wildman–Crippen LogP) is 3.85. The number of aliphatic imine (C=N–C) groups is 2. The molecule has 2 aliphatic rings. The molecule has 11 heteroatoms. The fourth-order valence-corrected chi connectivity index (χ4v) is 4.72. The van der Waals surface area contributed by atoms with Crippen molar-refractivity contribution in [2.24, 2.45) is 9.98 Å². The van der Waals surface area contributed by atoms with Gasteiger partial charge in [-0.05, 0) is 42.8 Å². The third-order valence-electron chi connectivity index (χ3n) is 5.71. The number of furan rings is 1. The number of carbonyl (C=O) groups is 3. The topological polar surface area (TPSA) is 116 Å². The number of halogens is 1. The number of hydrogen-bond acceptors (Lipinski definition) is 7. The number of carbonyl (C=O) groups excluding carboxylic acids is 3. The van der Waals surface area contributed by atoms with E-state index in [4.69, 9.17) is 4.42 Å². The van der Waals surface area contributed by atoms with Crippen molar-refractivity contribution in [2.45, 2.75) is 25.4 Å². The van der Waals surface area contributed by atoms with Crippen molar-refractivity contribution in [1.29, 1.82) is 0 Å². The molecule has 3 amide bonds. The van der Waals surface area contributed by atoms with E-state index in [1.54, 1.807) is 24.3 Å². The third-order valence-corrected chi connectivity index (χ3v) is 6.65. The van der Waals surface area contributed by atoms with Crippen LogP contribution in [-0.2, 0) is 20.9 Å². The van der Waals surface area contributed by atoms with Gasteiger partial charge in [0.2, 0.25) is 11.8 Å². The van der Waals surface area contributed by atoms with Gasteiger partial charge >= 0.3 is 0 Å². The molecule has 0 saturated carbocycles. The zero-order valence-corrected chi connectivity index (χ0v) is 20.3. The average Bonchev–Trinajstić information content (AvgIpc) is 3.54. The lowest BCUT2D eigenvalue weighted by molar-refractivity contribution is -0.125. The number of amidine groups is 2. The van der Waals surface area contributed by atoms with E-state index in [-0.39, 0.29) is 42.6 Å². The molecule has 0 radical (unpaired) electrons. The smallest absolute Gasteiger partial charge is 0.259 e. The summed E-state index contributed by atoms with van der Waals surface area (Å²) in [6, 6.07) is 15.9. The van der Waals surface area contributed by atoms with Crippen LogP contribution in [0.25, 0.3) is 0 Å². The van der Waals surface area contributed by atoms with Crippen molar-refractivity contribution in [3.8, 4) is 0 Å². The summed E-state index contributed by atoms with van der Waals surface area (Å²) in [5.41, 5.74) is 1.40. The van der Waals surface area contributed by atoms with E-state index in [0.717, 1.165) is 11.8 Å². The minimum Gasteiger partial charge on any atom is -0.467 e. The van der Waals surface area contributed by atoms with E-state index in [9.17, 15) is 18.8 Å². The number of thioether (sulfide) groups is 1. The summed E-state index contributed by atoms with van der Waals surface area (Å²) in [6.07, 6.45) is 1.86. The third kappa shape index (κ3) is 5.46. The molecule has 1 aromatic heterocycles. The molecule has 0 unspecified atom stereocenters. The molecule has 5 rings (SSSR count). The number of benzene rings is 2. The molecule has 188 valence electrons. The Balaban J connectivity index is 1.26. The van der Waals surface area contributed by atoms with Crippen LogP contribution in [-0.4, -0.2) is 45.4 Å². The Kier molecular flexibility index (Phi) is 7.13. The second kappa shape index (κ2) is 10.8. The van der Waals surface area contributed by atoms with Crippen LogP contribution in [0.5, 0.6) is 0 Å². The van der Waals surface area contributed by atoms with Crippen molar-refractivity contribution in [1.82, 2.24) is 10.2 Å². The summed E-state index contributed by atoms with van der Waals surface area (Å²) in [4.78, 5) is 48.7. The molecule has 0 bridgehead atoms. The zero-order chi connectivity index (χ0) is 25.8. The van der Waals surface area contributed by atoms with E-state index < -0.39 is 17.8 Å². The Labute approximate surface area is 215 Å². The second-order valence-corrected chi connectivity index (χ2v) is 9.21. The number of rotatable bonds is 8. The van der Waals surface area contributed by atoms with E-state index >= 15 is 0 Å². The summed E-state index contributed by atoms with van der Waals surface area (Å²) in [7, 11) is 0. The summed E-state index contributed by atoms with van der Waals surface area (Å²) in [6.45, 7) is 0.265. The lowest BCUT2D eigenvalue weighted by Crippen LogP contribution is -2.41. The second-order valence-electron chi connectivity index (χ2n) is 8.27. The van der Waals surface area contributed by atoms with Gasteiger partial charge < -0.3 is 15.1 Å². The van der Waals surface area contributed by atoms with Crippen molar-refractivity contribution < 1.29 is 23.2 Å². The minimum atomic E-state index is -0.756. The van der Waals surface area contributed by atoms with Crippen molar-refractivity contribution in [2.75, 3.05) is 11.1 Å². The summed E-state index contributed by atoms with van der Waals surface area (Å²) in [5, 5.41) is 5.59. The Morgan fingerprint density at radius 2 is 1.86 bits per heavy atom. The van der Waals surface area contributed by atoms with Gasteiger partial charge in [0.15, 0.2) is 5.17 Å². The summed E-state index contributed by atoms with van der Waals surface area (Å²) in [5.74, 6) is -0.528. The quantitative estimate of drug-likeness (QED) is 0.469. The number of hydrogen-bond donors (Lipinski definition) is 2. The molecular formula is C26H22FN5O4S. The van der Waals surface area contributed by atoms with Gasteiger partial charge in [-0.15, -0.1) is 0 Å². The Morgan fingerprint density at radius 3 is 2.68 bits per heavy atom. The summed E-state index contributed by atoms with van der Waals surface area (Å²) >= 11 is 1.06. The molecule has 3 heterocycles. The Hall–Kier alpha value is -4.25. The van der Waals surface area contributed by atoms with Gasteiger partial charge in [0.1, 0.15) is 23.5 Å². The first-order chi connectivity index (χ1) is 18.0. The number of anilines is 1. The van der Waals surface area contributed by atoms with Crippen molar-refractivity contribution in [3.05, 3.63) is 84.1 Å². The Bertz CT molecular complexity index is 1410. The largest absolute Gasteiger partial charge is 0.467 e. The first-order valence-electron chi connectivity index (χ1n) is 11.6. The number of nitrogens with zero attached hydrogens (tertiary/aromatic N) is 3. The van der Waals surface area contributed by atoms with Crippen LogP contribution in [0.3, 0.4) is 0 Å². The molecular weight excluding hydrogens is 497 g/mol. The van der Waals surface area contributed by atoms with Gasteiger partial charge in [-0.1, -0.05) is 36.0 Å². The minimum absolute atomic E-state index is 0.0777. The van der Waals surface area contributed by atoms with E-state index in [0.29, 0.717) is 28.0 Å². The fourth-order valence-electron chi connectivity index (χ4n) is 3.92. The maximum atomic E-state index is 13.9. The molecule has 0 saturated heterocycles. The van der Waals surface area contributed by atoms with Gasteiger partial charge in [-0.25, -0.2) is 14.3 Å². The van der Waals surface area contributed by atoms with Gasteiger partial charge in [0.05, 0.1) is 29.9 Å². The van der Waals surface area contributed by atoms with E-state index in [1.165, 1.54) is 29.4 Å². The lowest BCUT2D eigenvalue weighted by atomic mass is 10.1. The molecule has 37 heavy (non-hydrogen) atoms. The molecule has 0 aliphatic carbocycles. The average molecular weight is 520 g/mol. The number of amides is 3. The number of nitrogens with one attached hydrogen (secondary N) is 2. The maximum Gasteiger partial charge on any atom is 0.259 e. The highest BCUT2D eigenvalue weighted by molar-refractivity contribution is 8.14. The molecule has 3 aromatic rings. The van der Waals surface area contributed by atoms with Gasteiger partial charge in [-0.3, -0.25) is 19.4 Å². The van der Waals surface area contributed by atoms with Gasteiger partial charge in [0.25, 0.3) is 5.91 Å². The van der Waals surface area contributed by atoms with Gasteiger partial charge in [0, 0.05) is 12.0 Å². The van der Waals surface area contributed by atoms with E-state index in [1.807, 2.05) is 18.2 Å². The first-order valence-corrected chi connectivity index (χ1v) is 12.5. The highest BCUT2D eigenvalue weighted by Gasteiger charge is 2.41. The summed E-state index contributed by atoms with van der Waals surface area (Å²) < 4.78 is 19.1. The highest BCUT2D eigenvalue weighted by atomic mass is 32.2. The van der Waals surface area contributed by atoms with Crippen LogP contribution in [0.4, 0.5) is 15.8 Å².